The number of carbonyl (C=O) groups excluding carboxylic acids is 1. The van der Waals surface area contributed by atoms with Crippen LogP contribution in [0.3, 0.4) is 0 Å². The Morgan fingerprint density at radius 1 is 1.16 bits per heavy atom. The number of morpholine rings is 1. The predicted molar refractivity (Wildman–Crippen MR) is 118 cm³/mol. The summed E-state index contributed by atoms with van der Waals surface area (Å²) < 4.78 is 37.7. The largest absolute Gasteiger partial charge is 0.468 e. The molecule has 168 valence electrons. The van der Waals surface area contributed by atoms with Crippen LogP contribution in [0.5, 0.6) is 0 Å². The number of hydrogen-bond donors (Lipinski definition) is 2. The van der Waals surface area contributed by atoms with E-state index in [1.807, 2.05) is 0 Å². The maximum Gasteiger partial charge on any atom is 0.244 e. The molecule has 0 radical (unpaired) electrons. The van der Waals surface area contributed by atoms with E-state index in [0.29, 0.717) is 25.5 Å². The Balaban J connectivity index is 1.50. The number of benzene rings is 1. The molecule has 0 saturated carbocycles. The summed E-state index contributed by atoms with van der Waals surface area (Å²) in [5.41, 5.74) is 0.568. The highest BCUT2D eigenvalue weighted by Gasteiger charge is 2.28. The minimum atomic E-state index is -3.65. The van der Waals surface area contributed by atoms with Crippen LogP contribution in [-0.4, -0.2) is 57.6 Å². The van der Waals surface area contributed by atoms with Crippen LogP contribution in [-0.2, 0) is 26.1 Å². The molecule has 2 aromatic rings. The van der Waals surface area contributed by atoms with Gasteiger partial charge in [-0.1, -0.05) is 12.1 Å². The second-order valence-electron chi connectivity index (χ2n) is 7.94. The number of ether oxygens (including phenoxy) is 1. The minimum absolute atomic E-state index is 0.0813. The van der Waals surface area contributed by atoms with Crippen molar-refractivity contribution in [2.75, 3.05) is 32.8 Å². The fourth-order valence-corrected chi connectivity index (χ4v) is 4.23. The zero-order valence-electron chi connectivity index (χ0n) is 17.8. The Morgan fingerprint density at radius 3 is 2.52 bits per heavy atom. The first-order chi connectivity index (χ1) is 14.8. The van der Waals surface area contributed by atoms with E-state index in [2.05, 4.69) is 28.8 Å². The predicted octanol–water partition coefficient (Wildman–Crippen LogP) is 2.00. The van der Waals surface area contributed by atoms with Gasteiger partial charge in [0.1, 0.15) is 5.76 Å². The van der Waals surface area contributed by atoms with Crippen LogP contribution >= 0.6 is 0 Å². The molecule has 0 bridgehead atoms. The Hall–Kier alpha value is -2.46. The van der Waals surface area contributed by atoms with Gasteiger partial charge in [0.25, 0.3) is 0 Å². The van der Waals surface area contributed by atoms with Gasteiger partial charge in [-0.3, -0.25) is 9.69 Å². The fourth-order valence-electron chi connectivity index (χ4n) is 3.24. The van der Waals surface area contributed by atoms with Crippen molar-refractivity contribution in [1.29, 1.82) is 0 Å². The average Bonchev–Trinajstić information content (AvgIpc) is 3.30. The quantitative estimate of drug-likeness (QED) is 0.570. The third-order valence-electron chi connectivity index (χ3n) is 5.20. The first-order valence-corrected chi connectivity index (χ1v) is 11.7. The highest BCUT2D eigenvalue weighted by molar-refractivity contribution is 7.89. The summed E-state index contributed by atoms with van der Waals surface area (Å²) in [5.74, 6) is 0.337. The van der Waals surface area contributed by atoms with Crippen molar-refractivity contribution >= 4 is 22.0 Å². The van der Waals surface area contributed by atoms with Crippen molar-refractivity contribution in [3.05, 3.63) is 60.1 Å². The van der Waals surface area contributed by atoms with Gasteiger partial charge >= 0.3 is 0 Å². The van der Waals surface area contributed by atoms with Gasteiger partial charge in [0.2, 0.25) is 15.9 Å². The smallest absolute Gasteiger partial charge is 0.244 e. The zero-order valence-corrected chi connectivity index (χ0v) is 18.7. The topological polar surface area (TPSA) is 101 Å². The molecule has 0 unspecified atom stereocenters. The Bertz CT molecular complexity index is 977. The second kappa shape index (κ2) is 10.2. The molecule has 31 heavy (non-hydrogen) atoms. The maximum atomic E-state index is 12.4. The van der Waals surface area contributed by atoms with E-state index in [0.717, 1.165) is 18.7 Å². The van der Waals surface area contributed by atoms with Crippen LogP contribution < -0.4 is 10.0 Å². The second-order valence-corrected chi connectivity index (χ2v) is 9.70. The van der Waals surface area contributed by atoms with Gasteiger partial charge in [-0.05, 0) is 49.8 Å². The molecule has 1 aromatic heterocycles. The van der Waals surface area contributed by atoms with E-state index in [1.165, 1.54) is 24.5 Å². The van der Waals surface area contributed by atoms with Crippen molar-refractivity contribution in [2.24, 2.45) is 0 Å². The van der Waals surface area contributed by atoms with Gasteiger partial charge in [0, 0.05) is 31.2 Å². The molecule has 1 amide bonds. The van der Waals surface area contributed by atoms with Gasteiger partial charge in [-0.2, -0.15) is 0 Å². The van der Waals surface area contributed by atoms with Gasteiger partial charge in [-0.15, -0.1) is 0 Å². The summed E-state index contributed by atoms with van der Waals surface area (Å²) in [7, 11) is -3.65. The van der Waals surface area contributed by atoms with E-state index in [9.17, 15) is 13.2 Å². The molecule has 3 rings (SSSR count). The van der Waals surface area contributed by atoms with E-state index in [-0.39, 0.29) is 22.9 Å². The molecule has 2 N–H and O–H groups in total. The Morgan fingerprint density at radius 2 is 1.87 bits per heavy atom. The summed E-state index contributed by atoms with van der Waals surface area (Å²) in [6.45, 7) is 7.92. The molecule has 1 aliphatic rings. The van der Waals surface area contributed by atoms with Crippen LogP contribution in [0.15, 0.2) is 58.1 Å². The van der Waals surface area contributed by atoms with Crippen LogP contribution in [0.25, 0.3) is 6.08 Å². The number of sulfonamides is 1. The molecular weight excluding hydrogens is 418 g/mol. The third-order valence-corrected chi connectivity index (χ3v) is 6.61. The lowest BCUT2D eigenvalue weighted by atomic mass is 10.0. The van der Waals surface area contributed by atoms with Gasteiger partial charge < -0.3 is 14.5 Å². The summed E-state index contributed by atoms with van der Waals surface area (Å²) in [6.07, 6.45) is 4.60. The van der Waals surface area contributed by atoms with Crippen molar-refractivity contribution < 1.29 is 22.4 Å². The molecule has 9 heteroatoms. The van der Waals surface area contributed by atoms with E-state index in [1.54, 1.807) is 30.3 Å². The van der Waals surface area contributed by atoms with Crippen molar-refractivity contribution in [1.82, 2.24) is 14.9 Å². The molecule has 0 spiro atoms. The lowest BCUT2D eigenvalue weighted by molar-refractivity contribution is -0.117. The highest BCUT2D eigenvalue weighted by atomic mass is 32.2. The third kappa shape index (κ3) is 6.76. The van der Waals surface area contributed by atoms with E-state index in [4.69, 9.17) is 9.15 Å². The normalized spacial score (nSPS) is 15.9. The van der Waals surface area contributed by atoms with Crippen molar-refractivity contribution in [3.63, 3.8) is 0 Å². The first-order valence-electron chi connectivity index (χ1n) is 10.2. The van der Waals surface area contributed by atoms with E-state index < -0.39 is 10.0 Å². The monoisotopic (exact) mass is 447 g/mol. The van der Waals surface area contributed by atoms with Crippen molar-refractivity contribution in [3.8, 4) is 0 Å². The SMILES string of the molecule is CC(C)(CNC(=O)/C=C/c1ccc(S(=O)(=O)NCc2ccco2)cc1)N1CCOCC1. The molecule has 8 nitrogen and oxygen atoms in total. The fraction of sp³-hybridized carbons (Fsp3) is 0.409. The zero-order chi connectivity index (χ0) is 22.3. The Labute approximate surface area is 183 Å². The molecule has 1 saturated heterocycles. The molecule has 0 atom stereocenters. The van der Waals surface area contributed by atoms with Gasteiger partial charge in [0.05, 0.1) is 30.9 Å². The lowest BCUT2D eigenvalue weighted by Gasteiger charge is -2.40. The number of rotatable bonds is 9. The Kier molecular flexibility index (Phi) is 7.66. The highest BCUT2D eigenvalue weighted by Crippen LogP contribution is 2.15. The van der Waals surface area contributed by atoms with Crippen LogP contribution in [0, 0.1) is 0 Å². The summed E-state index contributed by atoms with van der Waals surface area (Å²) >= 11 is 0. The number of carbonyl (C=O) groups is 1. The molecule has 2 heterocycles. The van der Waals surface area contributed by atoms with Gasteiger partial charge in [-0.25, -0.2) is 13.1 Å². The lowest BCUT2D eigenvalue weighted by Crippen LogP contribution is -2.55. The van der Waals surface area contributed by atoms with Crippen LogP contribution in [0.4, 0.5) is 0 Å². The number of nitrogens with one attached hydrogen (secondary N) is 2. The maximum absolute atomic E-state index is 12.4. The van der Waals surface area contributed by atoms with Crippen LogP contribution in [0.2, 0.25) is 0 Å². The molecule has 1 aromatic carbocycles. The minimum Gasteiger partial charge on any atom is -0.468 e. The average molecular weight is 448 g/mol. The summed E-state index contributed by atoms with van der Waals surface area (Å²) in [6, 6.07) is 9.72. The number of nitrogens with zero attached hydrogens (tertiary/aromatic N) is 1. The number of amides is 1. The molecule has 1 fully saturated rings. The first kappa shape index (κ1) is 23.2. The number of furan rings is 1. The molecular formula is C22H29N3O5S. The number of hydrogen-bond acceptors (Lipinski definition) is 6. The molecule has 0 aliphatic carbocycles. The standard InChI is InChI=1S/C22H29N3O5S/c1-22(2,25-11-14-29-15-12-25)17-23-21(26)10-7-18-5-8-20(9-6-18)31(27,28)24-16-19-4-3-13-30-19/h3-10,13,24H,11-12,14-17H2,1-2H3,(H,23,26)/b10-7+. The summed E-state index contributed by atoms with van der Waals surface area (Å²) in [5, 5.41) is 2.93. The molecule has 1 aliphatic heterocycles. The van der Waals surface area contributed by atoms with Gasteiger partial charge in [0.15, 0.2) is 0 Å². The summed E-state index contributed by atoms with van der Waals surface area (Å²) in [4.78, 5) is 14.7. The van der Waals surface area contributed by atoms with Crippen LogP contribution in [0.1, 0.15) is 25.2 Å². The van der Waals surface area contributed by atoms with E-state index >= 15 is 0 Å². The van der Waals surface area contributed by atoms with Crippen molar-refractivity contribution in [2.45, 2.75) is 30.8 Å².